The first-order valence-electron chi connectivity index (χ1n) is 9.40. The van der Waals surface area contributed by atoms with Crippen molar-refractivity contribution in [3.05, 3.63) is 64.7 Å². The van der Waals surface area contributed by atoms with Gasteiger partial charge in [0, 0.05) is 23.3 Å². The number of carbonyl (C=O) groups excluding carboxylic acids is 1. The van der Waals surface area contributed by atoms with E-state index in [1.807, 2.05) is 30.3 Å². The monoisotopic (exact) mass is 444 g/mol. The highest BCUT2D eigenvalue weighted by atomic mass is 35.5. The zero-order chi connectivity index (χ0) is 22.6. The molecule has 0 radical (unpaired) electrons. The van der Waals surface area contributed by atoms with Crippen LogP contribution in [-0.2, 0) is 14.3 Å². The normalized spacial score (nSPS) is 12.2. The number of nitrogens with zero attached hydrogens (tertiary/aromatic N) is 4. The first-order chi connectivity index (χ1) is 15.0. The Morgan fingerprint density at radius 3 is 2.45 bits per heavy atom. The molecule has 0 unspecified atom stereocenters. The molecule has 31 heavy (non-hydrogen) atoms. The highest BCUT2D eigenvalue weighted by Gasteiger charge is 2.18. The quantitative estimate of drug-likeness (QED) is 0.423. The molecule has 0 spiro atoms. The van der Waals surface area contributed by atoms with Crippen LogP contribution in [0.5, 0.6) is 0 Å². The van der Waals surface area contributed by atoms with Crippen molar-refractivity contribution < 1.29 is 19.1 Å². The van der Waals surface area contributed by atoms with Crippen LogP contribution in [0.15, 0.2) is 63.9 Å². The number of amides is 1. The van der Waals surface area contributed by atoms with Gasteiger partial charge in [-0.1, -0.05) is 47.1 Å². The van der Waals surface area contributed by atoms with Crippen LogP contribution >= 0.6 is 11.6 Å². The summed E-state index contributed by atoms with van der Waals surface area (Å²) in [6.07, 6.45) is 1.07. The Hall–Kier alpha value is -3.23. The van der Waals surface area contributed by atoms with Gasteiger partial charge < -0.3 is 14.3 Å². The van der Waals surface area contributed by atoms with E-state index >= 15 is 0 Å². The summed E-state index contributed by atoms with van der Waals surface area (Å²) in [5.74, 6) is 0. The van der Waals surface area contributed by atoms with Gasteiger partial charge in [-0.2, -0.15) is 10.2 Å². The number of oxime groups is 1. The van der Waals surface area contributed by atoms with E-state index in [1.54, 1.807) is 38.4 Å². The molecule has 0 heterocycles. The Kier molecular flexibility index (Phi) is 9.67. The lowest BCUT2D eigenvalue weighted by Crippen LogP contribution is -2.34. The average molecular weight is 445 g/mol. The second-order valence-electron chi connectivity index (χ2n) is 6.23. The highest BCUT2D eigenvalue weighted by molar-refractivity contribution is 6.47. The molecule has 2 rings (SSSR count). The van der Waals surface area contributed by atoms with Crippen molar-refractivity contribution >= 4 is 41.0 Å². The molecule has 0 fully saturated rings. The second-order valence-corrected chi connectivity index (χ2v) is 6.67. The molecular weight excluding hydrogens is 420 g/mol. The topological polar surface area (TPSA) is 85.1 Å². The summed E-state index contributed by atoms with van der Waals surface area (Å²) >= 11 is 5.96. The lowest BCUT2D eigenvalue weighted by atomic mass is 10.1. The molecule has 0 bridgehead atoms. The average Bonchev–Trinajstić information content (AvgIpc) is 2.79. The summed E-state index contributed by atoms with van der Waals surface area (Å²) in [7, 11) is 4.37. The molecule has 0 saturated carbocycles. The van der Waals surface area contributed by atoms with E-state index in [2.05, 4.69) is 15.4 Å². The third kappa shape index (κ3) is 6.91. The van der Waals surface area contributed by atoms with Crippen molar-refractivity contribution in [3.63, 3.8) is 0 Å². The highest BCUT2D eigenvalue weighted by Crippen LogP contribution is 2.20. The molecule has 0 aliphatic rings. The number of para-hydroxylation sites is 1. The first kappa shape index (κ1) is 24.0. The maximum absolute atomic E-state index is 12.2. The van der Waals surface area contributed by atoms with Crippen LogP contribution in [0.4, 0.5) is 10.5 Å². The van der Waals surface area contributed by atoms with Crippen LogP contribution < -0.4 is 4.90 Å². The molecule has 0 atom stereocenters. The number of hydrogen-bond acceptors (Lipinski definition) is 7. The minimum atomic E-state index is -0.491. The van der Waals surface area contributed by atoms with Gasteiger partial charge in [0.05, 0.1) is 37.9 Å². The minimum Gasteiger partial charge on any atom is -0.452 e. The number of carbonyl (C=O) groups is 1. The summed E-state index contributed by atoms with van der Waals surface area (Å²) in [6.45, 7) is 2.46. The van der Waals surface area contributed by atoms with Gasteiger partial charge in [-0.25, -0.2) is 4.79 Å². The van der Waals surface area contributed by atoms with Gasteiger partial charge >= 0.3 is 6.09 Å². The van der Waals surface area contributed by atoms with Gasteiger partial charge in [-0.15, -0.1) is 0 Å². The molecule has 2 aromatic carbocycles. The molecule has 0 saturated heterocycles. The molecule has 0 N–H and O–H groups in total. The molecule has 1 amide bonds. The van der Waals surface area contributed by atoms with Gasteiger partial charge in [0.1, 0.15) is 12.8 Å². The SMILES string of the molecule is COCCN(C(=O)OC)c1ccccc1C=NN=C(C)C(=NOC)c1ccc(Cl)cc1. The van der Waals surface area contributed by atoms with Crippen LogP contribution in [0.25, 0.3) is 0 Å². The number of ether oxygens (including phenoxy) is 2. The van der Waals surface area contributed by atoms with Crippen molar-refractivity contribution in [2.45, 2.75) is 6.92 Å². The van der Waals surface area contributed by atoms with E-state index in [0.717, 1.165) is 5.56 Å². The van der Waals surface area contributed by atoms with Gasteiger partial charge in [-0.05, 0) is 25.1 Å². The van der Waals surface area contributed by atoms with Crippen molar-refractivity contribution in [1.82, 2.24) is 0 Å². The van der Waals surface area contributed by atoms with Crippen molar-refractivity contribution in [2.75, 3.05) is 39.4 Å². The molecule has 0 aliphatic heterocycles. The van der Waals surface area contributed by atoms with Crippen LogP contribution in [0, 0.1) is 0 Å². The largest absolute Gasteiger partial charge is 0.452 e. The third-order valence-electron chi connectivity index (χ3n) is 4.19. The van der Waals surface area contributed by atoms with E-state index < -0.39 is 6.09 Å². The van der Waals surface area contributed by atoms with E-state index in [1.165, 1.54) is 19.1 Å². The van der Waals surface area contributed by atoms with Gasteiger partial charge in [-0.3, -0.25) is 4.90 Å². The van der Waals surface area contributed by atoms with Crippen molar-refractivity contribution in [2.24, 2.45) is 15.4 Å². The van der Waals surface area contributed by atoms with E-state index in [-0.39, 0.29) is 0 Å². The summed E-state index contributed by atoms with van der Waals surface area (Å²) < 4.78 is 10.00. The first-order valence-corrected chi connectivity index (χ1v) is 9.78. The fourth-order valence-electron chi connectivity index (χ4n) is 2.70. The predicted octanol–water partition coefficient (Wildman–Crippen LogP) is 4.40. The fourth-order valence-corrected chi connectivity index (χ4v) is 2.82. The molecule has 9 heteroatoms. The Labute approximate surface area is 186 Å². The zero-order valence-corrected chi connectivity index (χ0v) is 18.7. The summed E-state index contributed by atoms with van der Waals surface area (Å²) in [6, 6.07) is 14.5. The Bertz CT molecular complexity index is 958. The summed E-state index contributed by atoms with van der Waals surface area (Å²) in [5, 5.41) is 13.1. The third-order valence-corrected chi connectivity index (χ3v) is 4.44. The Morgan fingerprint density at radius 1 is 1.10 bits per heavy atom. The molecular formula is C22H25ClN4O4. The van der Waals surface area contributed by atoms with E-state index in [4.69, 9.17) is 25.9 Å². The number of halogens is 1. The number of anilines is 1. The molecule has 8 nitrogen and oxygen atoms in total. The molecule has 0 aromatic heterocycles. The predicted molar refractivity (Wildman–Crippen MR) is 124 cm³/mol. The Balaban J connectivity index is 2.32. The number of methoxy groups -OCH3 is 2. The van der Waals surface area contributed by atoms with E-state index in [9.17, 15) is 4.79 Å². The maximum atomic E-state index is 12.2. The molecule has 0 aliphatic carbocycles. The zero-order valence-electron chi connectivity index (χ0n) is 17.9. The standard InChI is InChI=1S/C22H25ClN4O4/c1-16(21(26-31-4)17-9-11-19(23)12-10-17)25-24-15-18-7-5-6-8-20(18)27(13-14-29-2)22(28)30-3/h5-12,15H,13-14H2,1-4H3. The maximum Gasteiger partial charge on any atom is 0.414 e. The fraction of sp³-hybridized carbons (Fsp3) is 0.273. The van der Waals surface area contributed by atoms with Crippen LogP contribution in [0.2, 0.25) is 5.02 Å². The molecule has 164 valence electrons. The van der Waals surface area contributed by atoms with Crippen molar-refractivity contribution in [1.29, 1.82) is 0 Å². The van der Waals surface area contributed by atoms with Gasteiger partial charge in [0.2, 0.25) is 0 Å². The smallest absolute Gasteiger partial charge is 0.414 e. The number of rotatable bonds is 9. The number of hydrogen-bond donors (Lipinski definition) is 0. The lowest BCUT2D eigenvalue weighted by Gasteiger charge is -2.22. The van der Waals surface area contributed by atoms with Gasteiger partial charge in [0.15, 0.2) is 0 Å². The van der Waals surface area contributed by atoms with Crippen LogP contribution in [-0.4, -0.2) is 58.2 Å². The van der Waals surface area contributed by atoms with Crippen LogP contribution in [0.1, 0.15) is 18.1 Å². The van der Waals surface area contributed by atoms with Crippen LogP contribution in [0.3, 0.4) is 0 Å². The van der Waals surface area contributed by atoms with E-state index in [0.29, 0.717) is 40.8 Å². The lowest BCUT2D eigenvalue weighted by molar-refractivity contribution is 0.170. The van der Waals surface area contributed by atoms with Crippen molar-refractivity contribution in [3.8, 4) is 0 Å². The molecule has 2 aromatic rings. The summed E-state index contributed by atoms with van der Waals surface area (Å²) in [4.78, 5) is 18.7. The minimum absolute atomic E-state index is 0.331. The Morgan fingerprint density at radius 2 is 1.81 bits per heavy atom. The summed E-state index contributed by atoms with van der Waals surface area (Å²) in [5.41, 5.74) is 3.19. The number of benzene rings is 2. The second kappa shape index (κ2) is 12.5. The van der Waals surface area contributed by atoms with Gasteiger partial charge in [0.25, 0.3) is 0 Å².